The predicted molar refractivity (Wildman–Crippen MR) is 77.5 cm³/mol. The van der Waals surface area contributed by atoms with E-state index < -0.39 is 5.91 Å². The van der Waals surface area contributed by atoms with Gasteiger partial charge in [0.05, 0.1) is 0 Å². The van der Waals surface area contributed by atoms with Gasteiger partial charge in [-0.2, -0.15) is 0 Å². The number of nitrogens with zero attached hydrogens (tertiary/aromatic N) is 1. The van der Waals surface area contributed by atoms with Crippen LogP contribution in [0.4, 0.5) is 0 Å². The van der Waals surface area contributed by atoms with Crippen LogP contribution in [0.3, 0.4) is 0 Å². The largest absolute Gasteiger partial charge is 0.366 e. The van der Waals surface area contributed by atoms with Gasteiger partial charge in [0, 0.05) is 24.2 Å². The summed E-state index contributed by atoms with van der Waals surface area (Å²) in [5.74, 6) is -0.0303. The Balaban J connectivity index is 2.10. The third-order valence-electron chi connectivity index (χ3n) is 3.69. The Labute approximate surface area is 119 Å². The molecule has 2 amide bonds. The first-order valence-corrected chi connectivity index (χ1v) is 6.95. The predicted octanol–water partition coefficient (Wildman–Crippen LogP) is 0.857. The van der Waals surface area contributed by atoms with Crippen LogP contribution in [0.1, 0.15) is 33.6 Å². The van der Waals surface area contributed by atoms with Crippen molar-refractivity contribution < 1.29 is 9.59 Å². The van der Waals surface area contributed by atoms with Crippen LogP contribution in [0.5, 0.6) is 0 Å². The topological polar surface area (TPSA) is 75.4 Å². The fourth-order valence-corrected chi connectivity index (χ4v) is 2.69. The number of nitrogens with two attached hydrogens (primary N) is 1. The van der Waals surface area contributed by atoms with E-state index in [4.69, 9.17) is 5.73 Å². The van der Waals surface area contributed by atoms with Gasteiger partial charge in [0.25, 0.3) is 5.91 Å². The Morgan fingerprint density at radius 3 is 2.85 bits per heavy atom. The van der Waals surface area contributed by atoms with Crippen LogP contribution >= 0.6 is 0 Å². The van der Waals surface area contributed by atoms with E-state index in [0.717, 1.165) is 32.5 Å². The van der Waals surface area contributed by atoms with Gasteiger partial charge in [0.1, 0.15) is 0 Å². The van der Waals surface area contributed by atoms with Crippen LogP contribution in [-0.4, -0.2) is 43.4 Å². The summed E-state index contributed by atoms with van der Waals surface area (Å²) in [6, 6.07) is 6.63. The van der Waals surface area contributed by atoms with Crippen molar-refractivity contribution in [3.8, 4) is 0 Å². The normalized spacial score (nSPS) is 18.9. The van der Waals surface area contributed by atoms with Gasteiger partial charge < -0.3 is 16.0 Å². The lowest BCUT2D eigenvalue weighted by atomic mass is 9.97. The molecule has 1 aliphatic heterocycles. The van der Waals surface area contributed by atoms with Crippen LogP contribution < -0.4 is 11.1 Å². The first kappa shape index (κ1) is 14.5. The summed E-state index contributed by atoms with van der Waals surface area (Å²) in [6.07, 6.45) is 2.17. The number of hydrogen-bond donors (Lipinski definition) is 2. The summed E-state index contributed by atoms with van der Waals surface area (Å²) in [4.78, 5) is 25.5. The fourth-order valence-electron chi connectivity index (χ4n) is 2.69. The Morgan fingerprint density at radius 1 is 1.40 bits per heavy atom. The number of carbonyl (C=O) groups excluding carboxylic acids is 2. The summed E-state index contributed by atoms with van der Waals surface area (Å²) in [7, 11) is 1.93. The summed E-state index contributed by atoms with van der Waals surface area (Å²) in [5.41, 5.74) is 6.16. The third kappa shape index (κ3) is 3.36. The van der Waals surface area contributed by atoms with E-state index in [1.165, 1.54) is 0 Å². The third-order valence-corrected chi connectivity index (χ3v) is 3.69. The second-order valence-electron chi connectivity index (χ2n) is 5.26. The molecule has 1 aromatic carbocycles. The van der Waals surface area contributed by atoms with E-state index in [9.17, 15) is 9.59 Å². The zero-order chi connectivity index (χ0) is 14.5. The molecule has 5 nitrogen and oxygen atoms in total. The second kappa shape index (κ2) is 6.52. The van der Waals surface area contributed by atoms with Crippen LogP contribution in [0.15, 0.2) is 24.3 Å². The van der Waals surface area contributed by atoms with E-state index in [0.29, 0.717) is 17.0 Å². The lowest BCUT2D eigenvalue weighted by Crippen LogP contribution is -2.42. The average molecular weight is 275 g/mol. The van der Waals surface area contributed by atoms with Gasteiger partial charge in [-0.15, -0.1) is 0 Å². The van der Waals surface area contributed by atoms with Gasteiger partial charge in [0.2, 0.25) is 5.91 Å². The van der Waals surface area contributed by atoms with Crippen molar-refractivity contribution >= 4 is 11.8 Å². The smallest absolute Gasteiger partial charge is 0.253 e. The van der Waals surface area contributed by atoms with Crippen molar-refractivity contribution in [2.75, 3.05) is 26.7 Å². The quantitative estimate of drug-likeness (QED) is 0.855. The molecule has 1 heterocycles. The number of nitrogens with one attached hydrogen (secondary N) is 1. The van der Waals surface area contributed by atoms with Crippen molar-refractivity contribution in [1.82, 2.24) is 10.2 Å². The van der Waals surface area contributed by atoms with Crippen LogP contribution in [-0.2, 0) is 0 Å². The van der Waals surface area contributed by atoms with E-state index in [2.05, 4.69) is 5.32 Å². The molecule has 1 unspecified atom stereocenters. The molecule has 0 bridgehead atoms. The number of piperidine rings is 1. The number of primary amides is 1. The van der Waals surface area contributed by atoms with Crippen LogP contribution in [0, 0.1) is 5.92 Å². The Bertz CT molecular complexity index is 500. The molecule has 2 rings (SSSR count). The Hall–Kier alpha value is -1.88. The van der Waals surface area contributed by atoms with E-state index >= 15 is 0 Å². The molecular formula is C15H21N3O2. The highest BCUT2D eigenvalue weighted by Gasteiger charge is 2.24. The lowest BCUT2D eigenvalue weighted by molar-refractivity contribution is 0.0674. The average Bonchev–Trinajstić information content (AvgIpc) is 2.47. The highest BCUT2D eigenvalue weighted by Crippen LogP contribution is 2.18. The molecule has 1 aromatic rings. The molecule has 20 heavy (non-hydrogen) atoms. The van der Waals surface area contributed by atoms with Crippen molar-refractivity contribution in [3.05, 3.63) is 35.4 Å². The minimum atomic E-state index is -0.508. The number of benzene rings is 1. The van der Waals surface area contributed by atoms with E-state index in [1.54, 1.807) is 24.3 Å². The number of carbonyl (C=O) groups is 2. The molecule has 108 valence electrons. The minimum absolute atomic E-state index is 0.0195. The van der Waals surface area contributed by atoms with Crippen molar-refractivity contribution in [3.63, 3.8) is 0 Å². The van der Waals surface area contributed by atoms with Crippen molar-refractivity contribution in [2.45, 2.75) is 12.8 Å². The SMILES string of the molecule is CNCC1CCCN(C(=O)c2cccc(C(N)=O)c2)C1. The summed E-state index contributed by atoms with van der Waals surface area (Å²) >= 11 is 0. The first-order chi connectivity index (χ1) is 9.61. The molecule has 1 fully saturated rings. The molecule has 0 spiro atoms. The molecule has 0 radical (unpaired) electrons. The first-order valence-electron chi connectivity index (χ1n) is 6.95. The van der Waals surface area contributed by atoms with E-state index in [-0.39, 0.29) is 5.91 Å². The monoisotopic (exact) mass is 275 g/mol. The summed E-state index contributed by atoms with van der Waals surface area (Å²) in [5, 5.41) is 3.16. The van der Waals surface area contributed by atoms with Gasteiger partial charge in [-0.1, -0.05) is 6.07 Å². The van der Waals surface area contributed by atoms with Gasteiger partial charge in [-0.05, 0) is 50.6 Å². The Kier molecular flexibility index (Phi) is 4.74. The molecular weight excluding hydrogens is 254 g/mol. The van der Waals surface area contributed by atoms with Crippen LogP contribution in [0.25, 0.3) is 0 Å². The molecule has 0 aliphatic carbocycles. The zero-order valence-corrected chi connectivity index (χ0v) is 11.8. The highest BCUT2D eigenvalue weighted by molar-refractivity contribution is 5.99. The summed E-state index contributed by atoms with van der Waals surface area (Å²) < 4.78 is 0. The minimum Gasteiger partial charge on any atom is -0.366 e. The number of rotatable bonds is 4. The molecule has 1 aliphatic rings. The van der Waals surface area contributed by atoms with Gasteiger partial charge >= 0.3 is 0 Å². The molecule has 1 atom stereocenters. The fraction of sp³-hybridized carbons (Fsp3) is 0.467. The summed E-state index contributed by atoms with van der Waals surface area (Å²) in [6.45, 7) is 2.46. The number of amides is 2. The van der Waals surface area contributed by atoms with Gasteiger partial charge in [-0.3, -0.25) is 9.59 Å². The van der Waals surface area contributed by atoms with Crippen molar-refractivity contribution in [1.29, 1.82) is 0 Å². The molecule has 0 saturated carbocycles. The van der Waals surface area contributed by atoms with Gasteiger partial charge in [0.15, 0.2) is 0 Å². The molecule has 1 saturated heterocycles. The number of hydrogen-bond acceptors (Lipinski definition) is 3. The standard InChI is InChI=1S/C15H21N3O2/c1-17-9-11-4-3-7-18(10-11)15(20)13-6-2-5-12(8-13)14(16)19/h2,5-6,8,11,17H,3-4,7,9-10H2,1H3,(H2,16,19). The molecule has 0 aromatic heterocycles. The second-order valence-corrected chi connectivity index (χ2v) is 5.26. The molecule has 3 N–H and O–H groups in total. The van der Waals surface area contributed by atoms with Crippen LogP contribution in [0.2, 0.25) is 0 Å². The molecule has 5 heteroatoms. The highest BCUT2D eigenvalue weighted by atomic mass is 16.2. The number of likely N-dealkylation sites (tertiary alicyclic amines) is 1. The Morgan fingerprint density at radius 2 is 2.15 bits per heavy atom. The maximum absolute atomic E-state index is 12.5. The maximum atomic E-state index is 12.5. The zero-order valence-electron chi connectivity index (χ0n) is 11.8. The van der Waals surface area contributed by atoms with Gasteiger partial charge in [-0.25, -0.2) is 0 Å². The van der Waals surface area contributed by atoms with Crippen molar-refractivity contribution in [2.24, 2.45) is 11.7 Å². The maximum Gasteiger partial charge on any atom is 0.253 e. The lowest BCUT2D eigenvalue weighted by Gasteiger charge is -2.32. The van der Waals surface area contributed by atoms with E-state index in [1.807, 2.05) is 11.9 Å².